The molecule has 0 nitrogen and oxygen atoms in total. The van der Waals surface area contributed by atoms with Gasteiger partial charge in [0.2, 0.25) is 0 Å². The van der Waals surface area contributed by atoms with Crippen LogP contribution in [0.4, 0.5) is 21.7 Å². The zero-order chi connectivity index (χ0) is 10.9. The largest absolute Gasteiger partial charge is 0.509 e. The van der Waals surface area contributed by atoms with Crippen LogP contribution < -0.4 is 5.46 Å². The zero-order valence-corrected chi connectivity index (χ0v) is 7.28. The summed E-state index contributed by atoms with van der Waals surface area (Å²) in [4.78, 5) is 0. The van der Waals surface area contributed by atoms with Gasteiger partial charge in [0, 0.05) is 5.56 Å². The summed E-state index contributed by atoms with van der Waals surface area (Å²) in [7, 11) is 0. The van der Waals surface area contributed by atoms with Crippen molar-refractivity contribution in [2.24, 2.45) is 0 Å². The first-order valence-electron chi connectivity index (χ1n) is 3.91. The average molecular weight is 209 g/mol. The SMILES string of the molecule is Cc1cc([B-](F)(F)F)ccc1C(F)F. The van der Waals surface area contributed by atoms with Crippen molar-refractivity contribution >= 4 is 12.4 Å². The fourth-order valence-corrected chi connectivity index (χ4v) is 1.15. The molecule has 0 bridgehead atoms. The van der Waals surface area contributed by atoms with E-state index in [1.807, 2.05) is 0 Å². The standard InChI is InChI=1S/C8H7BF5/c1-5-4-6(9(12,13)14)2-3-7(5)8(10)11/h2-4,8H,1H3/q-1. The van der Waals surface area contributed by atoms with E-state index in [4.69, 9.17) is 0 Å². The monoisotopic (exact) mass is 209 g/mol. The van der Waals surface area contributed by atoms with Crippen molar-refractivity contribution in [1.29, 1.82) is 0 Å². The second-order valence-electron chi connectivity index (χ2n) is 2.99. The quantitative estimate of drug-likeness (QED) is 0.518. The van der Waals surface area contributed by atoms with Crippen molar-refractivity contribution in [1.82, 2.24) is 0 Å². The van der Waals surface area contributed by atoms with Gasteiger partial charge in [-0.05, 0) is 12.5 Å². The van der Waals surface area contributed by atoms with Gasteiger partial charge in [0.15, 0.2) is 0 Å². The highest BCUT2D eigenvalue weighted by Crippen LogP contribution is 2.22. The molecule has 0 aliphatic rings. The Kier molecular flexibility index (Phi) is 2.82. The third kappa shape index (κ3) is 2.24. The molecule has 0 unspecified atom stereocenters. The topological polar surface area (TPSA) is 0 Å². The Bertz CT molecular complexity index is 331. The Morgan fingerprint density at radius 2 is 1.71 bits per heavy atom. The van der Waals surface area contributed by atoms with Gasteiger partial charge >= 0.3 is 6.98 Å². The van der Waals surface area contributed by atoms with Crippen LogP contribution in [0.25, 0.3) is 0 Å². The van der Waals surface area contributed by atoms with E-state index in [1.165, 1.54) is 6.92 Å². The summed E-state index contributed by atoms with van der Waals surface area (Å²) in [5, 5.41) is 0. The minimum atomic E-state index is -5.10. The first-order valence-corrected chi connectivity index (χ1v) is 3.91. The van der Waals surface area contributed by atoms with Crippen molar-refractivity contribution in [2.45, 2.75) is 13.3 Å². The molecule has 0 aliphatic carbocycles. The lowest BCUT2D eigenvalue weighted by Crippen LogP contribution is -2.34. The van der Waals surface area contributed by atoms with Gasteiger partial charge in [-0.25, -0.2) is 8.78 Å². The summed E-state index contributed by atoms with van der Waals surface area (Å²) in [5.74, 6) is 0. The molecule has 0 saturated carbocycles. The number of alkyl halides is 2. The van der Waals surface area contributed by atoms with Gasteiger partial charge < -0.3 is 12.9 Å². The van der Waals surface area contributed by atoms with E-state index in [9.17, 15) is 21.7 Å². The molecular formula is C8H7BF5-. The summed E-state index contributed by atoms with van der Waals surface area (Å²) < 4.78 is 60.9. The second kappa shape index (κ2) is 3.59. The third-order valence-electron chi connectivity index (χ3n) is 1.91. The highest BCUT2D eigenvalue weighted by Gasteiger charge is 2.26. The van der Waals surface area contributed by atoms with Crippen LogP contribution in [0.5, 0.6) is 0 Å². The molecule has 0 aliphatic heterocycles. The molecule has 0 atom stereocenters. The van der Waals surface area contributed by atoms with Gasteiger partial charge in [0.1, 0.15) is 0 Å². The second-order valence-corrected chi connectivity index (χ2v) is 2.99. The van der Waals surface area contributed by atoms with Gasteiger partial charge in [-0.3, -0.25) is 0 Å². The third-order valence-corrected chi connectivity index (χ3v) is 1.91. The maximum atomic E-state index is 12.2. The van der Waals surface area contributed by atoms with Crippen molar-refractivity contribution < 1.29 is 21.7 Å². The Balaban J connectivity index is 3.13. The normalized spacial score (nSPS) is 12.2. The van der Waals surface area contributed by atoms with Crippen LogP contribution in [0, 0.1) is 6.92 Å². The number of rotatable bonds is 2. The van der Waals surface area contributed by atoms with Crippen LogP contribution in [-0.4, -0.2) is 6.98 Å². The Labute approximate surface area is 77.8 Å². The highest BCUT2D eigenvalue weighted by molar-refractivity contribution is 6.73. The van der Waals surface area contributed by atoms with Gasteiger partial charge in [0.05, 0.1) is 0 Å². The van der Waals surface area contributed by atoms with E-state index in [0.29, 0.717) is 6.07 Å². The Morgan fingerprint density at radius 3 is 2.07 bits per heavy atom. The smallest absolute Gasteiger partial charge is 0.445 e. The summed E-state index contributed by atoms with van der Waals surface area (Å²) in [5.41, 5.74) is -1.22. The number of benzene rings is 1. The molecule has 0 heterocycles. The molecule has 0 N–H and O–H groups in total. The van der Waals surface area contributed by atoms with Crippen molar-refractivity contribution in [3.63, 3.8) is 0 Å². The Hall–Kier alpha value is -1.07. The van der Waals surface area contributed by atoms with Gasteiger partial charge in [-0.1, -0.05) is 18.2 Å². The van der Waals surface area contributed by atoms with Gasteiger partial charge in [0.25, 0.3) is 6.43 Å². The molecule has 0 radical (unpaired) electrons. The highest BCUT2D eigenvalue weighted by atomic mass is 19.4. The van der Waals surface area contributed by atoms with Crippen LogP contribution in [0.1, 0.15) is 17.6 Å². The number of hydrogen-bond donors (Lipinski definition) is 0. The van der Waals surface area contributed by atoms with E-state index < -0.39 is 18.9 Å². The van der Waals surface area contributed by atoms with E-state index in [1.54, 1.807) is 0 Å². The van der Waals surface area contributed by atoms with Crippen LogP contribution in [0.2, 0.25) is 0 Å². The van der Waals surface area contributed by atoms with Crippen LogP contribution >= 0.6 is 0 Å². The van der Waals surface area contributed by atoms with Crippen LogP contribution in [-0.2, 0) is 0 Å². The van der Waals surface area contributed by atoms with Crippen LogP contribution in [0.3, 0.4) is 0 Å². The number of aryl methyl sites for hydroxylation is 1. The molecule has 6 heteroatoms. The molecule has 0 saturated heterocycles. The number of halogens is 5. The fraction of sp³-hybridized carbons (Fsp3) is 0.250. The summed E-state index contributed by atoms with van der Waals surface area (Å²) in [6, 6.07) is 2.26. The molecule has 0 spiro atoms. The molecular weight excluding hydrogens is 202 g/mol. The molecule has 0 fully saturated rings. The Morgan fingerprint density at radius 1 is 1.14 bits per heavy atom. The first-order chi connectivity index (χ1) is 6.32. The minimum absolute atomic E-state index is 0.0308. The number of hydrogen-bond acceptors (Lipinski definition) is 0. The lowest BCUT2D eigenvalue weighted by atomic mass is 9.79. The van der Waals surface area contributed by atoms with E-state index >= 15 is 0 Å². The van der Waals surface area contributed by atoms with E-state index in [-0.39, 0.29) is 11.1 Å². The molecule has 14 heavy (non-hydrogen) atoms. The van der Waals surface area contributed by atoms with E-state index in [2.05, 4.69) is 0 Å². The summed E-state index contributed by atoms with van der Waals surface area (Å²) >= 11 is 0. The lowest BCUT2D eigenvalue weighted by molar-refractivity contribution is 0.150. The summed E-state index contributed by atoms with van der Waals surface area (Å²) in [6.07, 6.45) is -2.73. The summed E-state index contributed by atoms with van der Waals surface area (Å²) in [6.45, 7) is -3.86. The predicted octanol–water partition coefficient (Wildman–Crippen LogP) is 2.99. The maximum absolute atomic E-state index is 12.2. The van der Waals surface area contributed by atoms with Crippen LogP contribution in [0.15, 0.2) is 18.2 Å². The van der Waals surface area contributed by atoms with E-state index in [0.717, 1.165) is 12.1 Å². The first kappa shape index (κ1) is 11.0. The molecule has 1 aromatic rings. The zero-order valence-electron chi connectivity index (χ0n) is 7.28. The lowest BCUT2D eigenvalue weighted by Gasteiger charge is -2.16. The molecule has 1 aromatic carbocycles. The average Bonchev–Trinajstić information content (AvgIpc) is 2.01. The molecule has 1 rings (SSSR count). The van der Waals surface area contributed by atoms with Crippen molar-refractivity contribution in [2.75, 3.05) is 0 Å². The fourth-order valence-electron chi connectivity index (χ4n) is 1.15. The molecule has 0 aromatic heterocycles. The van der Waals surface area contributed by atoms with Crippen molar-refractivity contribution in [3.05, 3.63) is 29.3 Å². The molecule has 78 valence electrons. The van der Waals surface area contributed by atoms with Gasteiger partial charge in [-0.15, -0.1) is 5.46 Å². The molecule has 0 amide bonds. The maximum Gasteiger partial charge on any atom is 0.509 e. The van der Waals surface area contributed by atoms with Crippen molar-refractivity contribution in [3.8, 4) is 0 Å². The minimum Gasteiger partial charge on any atom is -0.445 e. The predicted molar refractivity (Wildman–Crippen MR) is 44.8 cm³/mol. The van der Waals surface area contributed by atoms with Gasteiger partial charge in [-0.2, -0.15) is 0 Å².